The molecule has 4 N–H and O–H groups in total. The van der Waals surface area contributed by atoms with Crippen molar-refractivity contribution in [3.05, 3.63) is 42.1 Å². The molecule has 0 saturated heterocycles. The molecule has 11 nitrogen and oxygen atoms in total. The maximum Gasteiger partial charge on any atom is 0.412 e. The number of carbonyl (C=O) groups excluding carboxylic acids is 3. The van der Waals surface area contributed by atoms with Crippen molar-refractivity contribution < 1.29 is 29.0 Å². The van der Waals surface area contributed by atoms with Crippen LogP contribution in [0.1, 0.15) is 32.8 Å². The van der Waals surface area contributed by atoms with Gasteiger partial charge in [-0.15, -0.1) is 0 Å². The van der Waals surface area contributed by atoms with Crippen molar-refractivity contribution in [2.45, 2.75) is 45.4 Å². The highest BCUT2D eigenvalue weighted by Crippen LogP contribution is 2.20. The molecule has 0 radical (unpaired) electrons. The fourth-order valence-electron chi connectivity index (χ4n) is 2.59. The van der Waals surface area contributed by atoms with E-state index in [1.807, 2.05) is 18.2 Å². The molecule has 1 heterocycles. The van der Waals surface area contributed by atoms with Crippen molar-refractivity contribution in [1.82, 2.24) is 15.1 Å². The number of anilines is 2. The number of aliphatic hydroxyl groups is 1. The summed E-state index contributed by atoms with van der Waals surface area (Å²) in [4.78, 5) is 36.4. The first kappa shape index (κ1) is 24.7. The lowest BCUT2D eigenvalue weighted by Crippen LogP contribution is -2.40. The molecule has 2 aromatic rings. The van der Waals surface area contributed by atoms with Gasteiger partial charge in [-0.05, 0) is 26.3 Å². The molecule has 0 fully saturated rings. The molecule has 11 heteroatoms. The van der Waals surface area contributed by atoms with Gasteiger partial charge in [0.2, 0.25) is 5.91 Å². The van der Waals surface area contributed by atoms with Crippen LogP contribution in [0, 0.1) is 0 Å². The molecule has 0 aliphatic carbocycles. The number of ether oxygens (including phenoxy) is 2. The van der Waals surface area contributed by atoms with E-state index < -0.39 is 36.3 Å². The molecule has 0 aliphatic heterocycles. The first-order valence-corrected chi connectivity index (χ1v) is 9.97. The molecular formula is C21H29N5O6. The van der Waals surface area contributed by atoms with Gasteiger partial charge in [-0.3, -0.25) is 14.8 Å². The first-order valence-electron chi connectivity index (χ1n) is 9.97. The third-order valence-electron chi connectivity index (χ3n) is 3.91. The summed E-state index contributed by atoms with van der Waals surface area (Å²) >= 11 is 0. The molecule has 0 spiro atoms. The van der Waals surface area contributed by atoms with E-state index in [1.165, 1.54) is 10.9 Å². The van der Waals surface area contributed by atoms with Crippen molar-refractivity contribution in [3.8, 4) is 0 Å². The second-order valence-electron chi connectivity index (χ2n) is 8.03. The predicted molar refractivity (Wildman–Crippen MR) is 117 cm³/mol. The SMILES string of the molecule is Cn1cc(NC(=O)OC(C)(C)C)c(NC(=O)C[C@@H](CO)NC(=O)OCc2ccccc2)n1. The first-order chi connectivity index (χ1) is 15.1. The van der Waals surface area contributed by atoms with E-state index in [4.69, 9.17) is 9.47 Å². The number of hydrogen-bond donors (Lipinski definition) is 4. The lowest BCUT2D eigenvalue weighted by molar-refractivity contribution is -0.116. The summed E-state index contributed by atoms with van der Waals surface area (Å²) in [5.74, 6) is -0.426. The van der Waals surface area contributed by atoms with E-state index in [0.29, 0.717) is 0 Å². The van der Waals surface area contributed by atoms with Crippen LogP contribution in [0.15, 0.2) is 36.5 Å². The maximum atomic E-state index is 12.4. The van der Waals surface area contributed by atoms with E-state index in [-0.39, 0.29) is 24.5 Å². The van der Waals surface area contributed by atoms with Crippen molar-refractivity contribution in [3.63, 3.8) is 0 Å². The lowest BCUT2D eigenvalue weighted by atomic mass is 10.2. The van der Waals surface area contributed by atoms with E-state index in [9.17, 15) is 19.5 Å². The summed E-state index contributed by atoms with van der Waals surface area (Å²) < 4.78 is 11.7. The summed E-state index contributed by atoms with van der Waals surface area (Å²) in [7, 11) is 1.62. The Hall–Kier alpha value is -3.60. The van der Waals surface area contributed by atoms with Crippen molar-refractivity contribution in [2.75, 3.05) is 17.2 Å². The number of aliphatic hydroxyl groups excluding tert-OH is 1. The van der Waals surface area contributed by atoms with Crippen molar-refractivity contribution in [2.24, 2.45) is 7.05 Å². The maximum absolute atomic E-state index is 12.4. The molecule has 1 aromatic carbocycles. The topological polar surface area (TPSA) is 144 Å². The number of benzene rings is 1. The molecule has 0 aliphatic rings. The summed E-state index contributed by atoms with van der Waals surface area (Å²) in [5.41, 5.74) is 0.358. The molecule has 32 heavy (non-hydrogen) atoms. The summed E-state index contributed by atoms with van der Waals surface area (Å²) in [6.45, 7) is 4.77. The number of nitrogens with one attached hydrogen (secondary N) is 3. The quantitative estimate of drug-likeness (QED) is 0.486. The van der Waals surface area contributed by atoms with Crippen LogP contribution < -0.4 is 16.0 Å². The Labute approximate surface area is 186 Å². The molecular weight excluding hydrogens is 418 g/mol. The lowest BCUT2D eigenvalue weighted by Gasteiger charge is -2.19. The summed E-state index contributed by atoms with van der Waals surface area (Å²) in [5, 5.41) is 21.1. The van der Waals surface area contributed by atoms with Gasteiger partial charge in [0.15, 0.2) is 5.82 Å². The van der Waals surface area contributed by atoms with Gasteiger partial charge in [0.1, 0.15) is 17.9 Å². The molecule has 2 rings (SSSR count). The van der Waals surface area contributed by atoms with Crippen LogP contribution in [-0.4, -0.2) is 51.2 Å². The van der Waals surface area contributed by atoms with Crippen LogP contribution >= 0.6 is 0 Å². The molecule has 1 atom stereocenters. The smallest absolute Gasteiger partial charge is 0.412 e. The number of amides is 3. The van der Waals surface area contributed by atoms with Crippen LogP contribution in [-0.2, 0) is 27.9 Å². The van der Waals surface area contributed by atoms with Gasteiger partial charge in [-0.25, -0.2) is 9.59 Å². The van der Waals surface area contributed by atoms with Gasteiger partial charge in [0.05, 0.1) is 18.8 Å². The highest BCUT2D eigenvalue weighted by molar-refractivity contribution is 5.96. The minimum Gasteiger partial charge on any atom is -0.445 e. The number of carbonyl (C=O) groups is 3. The largest absolute Gasteiger partial charge is 0.445 e. The van der Waals surface area contributed by atoms with Gasteiger partial charge in [0, 0.05) is 13.5 Å². The third kappa shape index (κ3) is 8.64. The Bertz CT molecular complexity index is 923. The molecule has 3 amide bonds. The minimum atomic E-state index is -0.871. The van der Waals surface area contributed by atoms with Crippen molar-refractivity contribution >= 4 is 29.6 Å². The second kappa shape index (κ2) is 11.1. The summed E-state index contributed by atoms with van der Waals surface area (Å²) in [6, 6.07) is 8.23. The van der Waals surface area contributed by atoms with Gasteiger partial charge in [0.25, 0.3) is 0 Å². The fourth-order valence-corrected chi connectivity index (χ4v) is 2.59. The third-order valence-corrected chi connectivity index (χ3v) is 3.91. The average molecular weight is 447 g/mol. The average Bonchev–Trinajstić information content (AvgIpc) is 3.03. The van der Waals surface area contributed by atoms with Gasteiger partial charge in [-0.2, -0.15) is 5.10 Å². The van der Waals surface area contributed by atoms with E-state index >= 15 is 0 Å². The summed E-state index contributed by atoms with van der Waals surface area (Å²) in [6.07, 6.45) is -0.190. The van der Waals surface area contributed by atoms with E-state index in [0.717, 1.165) is 5.56 Å². The second-order valence-corrected chi connectivity index (χ2v) is 8.03. The van der Waals surface area contributed by atoms with Gasteiger partial charge in [-0.1, -0.05) is 30.3 Å². The zero-order chi connectivity index (χ0) is 23.7. The van der Waals surface area contributed by atoms with Crippen LogP contribution in [0.4, 0.5) is 21.1 Å². The normalized spacial score (nSPS) is 11.9. The molecule has 0 unspecified atom stereocenters. The molecule has 1 aromatic heterocycles. The highest BCUT2D eigenvalue weighted by atomic mass is 16.6. The number of alkyl carbamates (subject to hydrolysis) is 1. The Kier molecular flexibility index (Phi) is 8.59. The van der Waals surface area contributed by atoms with Gasteiger partial charge < -0.3 is 25.2 Å². The minimum absolute atomic E-state index is 0.0602. The zero-order valence-electron chi connectivity index (χ0n) is 18.5. The van der Waals surface area contributed by atoms with Crippen LogP contribution in [0.3, 0.4) is 0 Å². The van der Waals surface area contributed by atoms with Gasteiger partial charge >= 0.3 is 12.2 Å². The Morgan fingerprint density at radius 3 is 2.44 bits per heavy atom. The highest BCUT2D eigenvalue weighted by Gasteiger charge is 2.21. The Balaban J connectivity index is 1.88. The fraction of sp³-hybridized carbons (Fsp3) is 0.429. The molecule has 0 bridgehead atoms. The number of aryl methyl sites for hydroxylation is 1. The number of hydrogen-bond acceptors (Lipinski definition) is 7. The standard InChI is InChI=1S/C21H29N5O6/c1-21(2,3)32-20(30)23-16-11-26(4)25-18(16)24-17(28)10-15(12-27)22-19(29)31-13-14-8-6-5-7-9-14/h5-9,11,15,27H,10,12-13H2,1-4H3,(H,22,29)(H,23,30)(H,24,25,28)/t15-/m0/s1. The molecule has 0 saturated carbocycles. The zero-order valence-corrected chi connectivity index (χ0v) is 18.5. The Morgan fingerprint density at radius 2 is 1.81 bits per heavy atom. The number of nitrogens with zero attached hydrogens (tertiary/aromatic N) is 2. The van der Waals surface area contributed by atoms with Crippen LogP contribution in [0.25, 0.3) is 0 Å². The number of rotatable bonds is 8. The van der Waals surface area contributed by atoms with Crippen LogP contribution in [0.2, 0.25) is 0 Å². The predicted octanol–water partition coefficient (Wildman–Crippen LogP) is 2.38. The van der Waals surface area contributed by atoms with E-state index in [2.05, 4.69) is 21.0 Å². The number of aromatic nitrogens is 2. The molecule has 174 valence electrons. The van der Waals surface area contributed by atoms with Crippen molar-refractivity contribution in [1.29, 1.82) is 0 Å². The Morgan fingerprint density at radius 1 is 1.12 bits per heavy atom. The van der Waals surface area contributed by atoms with Crippen LogP contribution in [0.5, 0.6) is 0 Å². The monoisotopic (exact) mass is 447 g/mol. The van der Waals surface area contributed by atoms with E-state index in [1.54, 1.807) is 40.0 Å².